The lowest BCUT2D eigenvalue weighted by molar-refractivity contribution is 0.584. The predicted octanol–water partition coefficient (Wildman–Crippen LogP) is 8.14. The van der Waals surface area contributed by atoms with Crippen molar-refractivity contribution in [1.82, 2.24) is 0 Å². The average Bonchev–Trinajstić information content (AvgIpc) is 3.48. The second-order valence-electron chi connectivity index (χ2n) is 6.70. The van der Waals surface area contributed by atoms with Gasteiger partial charge >= 0.3 is 0 Å². The Hall–Kier alpha value is -3.56. The molecule has 3 aromatic carbocycles. The normalized spacial score (nSPS) is 10.8. The van der Waals surface area contributed by atoms with Crippen molar-refractivity contribution < 1.29 is 4.42 Å². The standard InChI is InChI=1S/C26H19NOS/c1-3-10-21(11-4-1)27(22-12-5-2-6-13-22)23-14-7-9-20(19-23)25-16-17-26(29-25)24-15-8-18-28-24/h1-19H. The summed E-state index contributed by atoms with van der Waals surface area (Å²) in [5.74, 6) is 0.910. The highest BCUT2D eigenvalue weighted by molar-refractivity contribution is 7.18. The monoisotopic (exact) mass is 393 g/mol. The van der Waals surface area contributed by atoms with Crippen LogP contribution in [0.3, 0.4) is 0 Å². The lowest BCUT2D eigenvalue weighted by atomic mass is 10.1. The molecule has 0 aliphatic heterocycles. The maximum absolute atomic E-state index is 5.55. The maximum atomic E-state index is 5.55. The first-order chi connectivity index (χ1) is 14.4. The van der Waals surface area contributed by atoms with E-state index in [-0.39, 0.29) is 0 Å². The molecular weight excluding hydrogens is 374 g/mol. The Balaban J connectivity index is 1.57. The number of furan rings is 1. The molecule has 29 heavy (non-hydrogen) atoms. The van der Waals surface area contributed by atoms with Gasteiger partial charge < -0.3 is 9.32 Å². The van der Waals surface area contributed by atoms with Crippen molar-refractivity contribution >= 4 is 28.4 Å². The van der Waals surface area contributed by atoms with Gasteiger partial charge in [0.2, 0.25) is 0 Å². The number of benzene rings is 3. The van der Waals surface area contributed by atoms with Crippen LogP contribution in [0, 0.1) is 0 Å². The van der Waals surface area contributed by atoms with Gasteiger partial charge in [0.15, 0.2) is 0 Å². The van der Waals surface area contributed by atoms with Crippen LogP contribution in [0.4, 0.5) is 17.1 Å². The summed E-state index contributed by atoms with van der Waals surface area (Å²) in [5, 5.41) is 0. The van der Waals surface area contributed by atoms with Crippen LogP contribution >= 0.6 is 11.3 Å². The topological polar surface area (TPSA) is 16.4 Å². The summed E-state index contributed by atoms with van der Waals surface area (Å²) in [6.45, 7) is 0. The number of hydrogen-bond acceptors (Lipinski definition) is 3. The van der Waals surface area contributed by atoms with Crippen molar-refractivity contribution in [3.8, 4) is 21.1 Å². The third kappa shape index (κ3) is 3.60. The zero-order valence-electron chi connectivity index (χ0n) is 15.7. The van der Waals surface area contributed by atoms with E-state index >= 15 is 0 Å². The van der Waals surface area contributed by atoms with Gasteiger partial charge in [-0.15, -0.1) is 11.3 Å². The van der Waals surface area contributed by atoms with Crippen LogP contribution in [0.25, 0.3) is 21.1 Å². The Labute approximate surface area is 174 Å². The molecule has 140 valence electrons. The van der Waals surface area contributed by atoms with Crippen molar-refractivity contribution in [3.63, 3.8) is 0 Å². The van der Waals surface area contributed by atoms with Gasteiger partial charge in [0.05, 0.1) is 11.1 Å². The van der Waals surface area contributed by atoms with Crippen LogP contribution in [0.15, 0.2) is 120 Å². The van der Waals surface area contributed by atoms with Gasteiger partial charge in [0.1, 0.15) is 5.76 Å². The molecule has 0 amide bonds. The summed E-state index contributed by atoms with van der Waals surface area (Å²) in [7, 11) is 0. The SMILES string of the molecule is c1ccc(N(c2ccccc2)c2cccc(-c3ccc(-c4ccco4)s3)c2)cc1. The van der Waals surface area contributed by atoms with E-state index in [1.165, 1.54) is 10.4 Å². The number of rotatable bonds is 5. The van der Waals surface area contributed by atoms with Gasteiger partial charge in [0, 0.05) is 21.9 Å². The molecule has 0 fully saturated rings. The van der Waals surface area contributed by atoms with E-state index in [1.54, 1.807) is 17.6 Å². The summed E-state index contributed by atoms with van der Waals surface area (Å²) in [5.41, 5.74) is 4.60. The summed E-state index contributed by atoms with van der Waals surface area (Å²) in [6, 6.07) is 37.8. The second kappa shape index (κ2) is 7.82. The third-order valence-electron chi connectivity index (χ3n) is 4.79. The Morgan fingerprint density at radius 2 is 1.21 bits per heavy atom. The number of nitrogens with zero attached hydrogens (tertiary/aromatic N) is 1. The van der Waals surface area contributed by atoms with Gasteiger partial charge in [-0.1, -0.05) is 48.5 Å². The predicted molar refractivity (Wildman–Crippen MR) is 122 cm³/mol. The lowest BCUT2D eigenvalue weighted by Crippen LogP contribution is -2.09. The zero-order chi connectivity index (χ0) is 19.5. The molecule has 0 aliphatic carbocycles. The number of para-hydroxylation sites is 2. The van der Waals surface area contributed by atoms with Crippen LogP contribution in [-0.4, -0.2) is 0 Å². The highest BCUT2D eigenvalue weighted by Gasteiger charge is 2.13. The quantitative estimate of drug-likeness (QED) is 0.299. The first-order valence-electron chi connectivity index (χ1n) is 9.53. The Morgan fingerprint density at radius 1 is 0.552 bits per heavy atom. The van der Waals surface area contributed by atoms with E-state index in [0.717, 1.165) is 27.7 Å². The van der Waals surface area contributed by atoms with Crippen LogP contribution in [0.2, 0.25) is 0 Å². The van der Waals surface area contributed by atoms with Crippen LogP contribution in [0.1, 0.15) is 0 Å². The van der Waals surface area contributed by atoms with E-state index in [2.05, 4.69) is 89.8 Å². The lowest BCUT2D eigenvalue weighted by Gasteiger charge is -2.25. The molecule has 0 radical (unpaired) electrons. The first kappa shape index (κ1) is 17.5. The molecule has 2 heterocycles. The zero-order valence-corrected chi connectivity index (χ0v) is 16.5. The van der Waals surface area contributed by atoms with Crippen molar-refractivity contribution in [2.75, 3.05) is 4.90 Å². The molecule has 2 aromatic heterocycles. The van der Waals surface area contributed by atoms with E-state index in [4.69, 9.17) is 4.42 Å². The van der Waals surface area contributed by atoms with E-state index in [0.29, 0.717) is 0 Å². The minimum Gasteiger partial charge on any atom is -0.464 e. The van der Waals surface area contributed by atoms with Crippen molar-refractivity contribution in [2.24, 2.45) is 0 Å². The Bertz CT molecular complexity index is 1150. The van der Waals surface area contributed by atoms with Gasteiger partial charge in [-0.2, -0.15) is 0 Å². The molecule has 0 unspecified atom stereocenters. The smallest absolute Gasteiger partial charge is 0.143 e. The maximum Gasteiger partial charge on any atom is 0.143 e. The fourth-order valence-corrected chi connectivity index (χ4v) is 4.41. The minimum atomic E-state index is 0.910. The second-order valence-corrected chi connectivity index (χ2v) is 7.78. The molecule has 0 saturated heterocycles. The highest BCUT2D eigenvalue weighted by Crippen LogP contribution is 2.39. The average molecular weight is 394 g/mol. The fraction of sp³-hybridized carbons (Fsp3) is 0. The van der Waals surface area contributed by atoms with Crippen molar-refractivity contribution in [2.45, 2.75) is 0 Å². The van der Waals surface area contributed by atoms with Crippen LogP contribution < -0.4 is 4.90 Å². The molecule has 0 saturated carbocycles. The van der Waals surface area contributed by atoms with E-state index in [9.17, 15) is 0 Å². The summed E-state index contributed by atoms with van der Waals surface area (Å²) >= 11 is 1.74. The summed E-state index contributed by atoms with van der Waals surface area (Å²) in [6.07, 6.45) is 1.72. The van der Waals surface area contributed by atoms with Gasteiger partial charge in [-0.25, -0.2) is 0 Å². The molecule has 0 atom stereocenters. The molecule has 5 aromatic rings. The third-order valence-corrected chi connectivity index (χ3v) is 5.94. The molecule has 0 bridgehead atoms. The van der Waals surface area contributed by atoms with Gasteiger partial charge in [0.25, 0.3) is 0 Å². The Kier molecular flexibility index (Phi) is 4.73. The summed E-state index contributed by atoms with van der Waals surface area (Å²) in [4.78, 5) is 4.64. The fourth-order valence-electron chi connectivity index (χ4n) is 3.44. The summed E-state index contributed by atoms with van der Waals surface area (Å²) < 4.78 is 5.55. The van der Waals surface area contributed by atoms with Gasteiger partial charge in [-0.05, 0) is 66.2 Å². The Morgan fingerprint density at radius 3 is 1.86 bits per heavy atom. The van der Waals surface area contributed by atoms with Crippen LogP contribution in [0.5, 0.6) is 0 Å². The van der Waals surface area contributed by atoms with E-state index in [1.807, 2.05) is 24.3 Å². The molecule has 0 aliphatic rings. The van der Waals surface area contributed by atoms with Crippen molar-refractivity contribution in [3.05, 3.63) is 115 Å². The largest absolute Gasteiger partial charge is 0.464 e. The number of hydrogen-bond donors (Lipinski definition) is 0. The van der Waals surface area contributed by atoms with E-state index < -0.39 is 0 Å². The molecule has 3 heteroatoms. The van der Waals surface area contributed by atoms with Crippen LogP contribution in [-0.2, 0) is 0 Å². The molecule has 0 spiro atoms. The first-order valence-corrected chi connectivity index (χ1v) is 10.3. The molecule has 5 rings (SSSR count). The van der Waals surface area contributed by atoms with Crippen molar-refractivity contribution in [1.29, 1.82) is 0 Å². The number of anilines is 3. The van der Waals surface area contributed by atoms with Gasteiger partial charge in [-0.3, -0.25) is 0 Å². The molecule has 2 nitrogen and oxygen atoms in total. The minimum absolute atomic E-state index is 0.910. The highest BCUT2D eigenvalue weighted by atomic mass is 32.1. The molecular formula is C26H19NOS. The number of thiophene rings is 1. The molecule has 0 N–H and O–H groups in total.